The predicted molar refractivity (Wildman–Crippen MR) is 94.2 cm³/mol. The van der Waals surface area contributed by atoms with Gasteiger partial charge < -0.3 is 5.32 Å². The number of carbonyl (C=O) groups is 1. The Morgan fingerprint density at radius 3 is 2.72 bits per heavy atom. The van der Waals surface area contributed by atoms with Crippen molar-refractivity contribution >= 4 is 5.91 Å². The van der Waals surface area contributed by atoms with E-state index in [1.54, 1.807) is 6.20 Å². The molecule has 1 atom stereocenters. The molecule has 0 bridgehead atoms. The number of nitrogens with zero attached hydrogens (tertiary/aromatic N) is 4. The van der Waals surface area contributed by atoms with E-state index >= 15 is 0 Å². The Bertz CT molecular complexity index is 769. The largest absolute Gasteiger partial charge is 0.349 e. The zero-order valence-electron chi connectivity index (χ0n) is 14.4. The van der Waals surface area contributed by atoms with Crippen LogP contribution >= 0.6 is 0 Å². The van der Waals surface area contributed by atoms with E-state index in [1.165, 1.54) is 38.4 Å². The lowest BCUT2D eigenvalue weighted by atomic mass is 10.0. The number of aromatic nitrogens is 3. The van der Waals surface area contributed by atoms with E-state index in [4.69, 9.17) is 0 Å². The first-order valence-corrected chi connectivity index (χ1v) is 8.61. The van der Waals surface area contributed by atoms with Gasteiger partial charge in [-0.25, -0.2) is 4.68 Å². The smallest absolute Gasteiger partial charge is 0.271 e. The lowest BCUT2D eigenvalue weighted by Gasteiger charge is -2.34. The van der Waals surface area contributed by atoms with E-state index in [1.807, 2.05) is 18.3 Å². The van der Waals surface area contributed by atoms with Crippen molar-refractivity contribution < 1.29 is 4.79 Å². The molecule has 25 heavy (non-hydrogen) atoms. The first kappa shape index (κ1) is 17.3. The third kappa shape index (κ3) is 4.30. The average molecular weight is 341 g/mol. The summed E-state index contributed by atoms with van der Waals surface area (Å²) in [5.41, 5.74) is 1.10. The number of amides is 1. The second-order valence-electron chi connectivity index (χ2n) is 6.29. The molecule has 0 aromatic carbocycles. The minimum Gasteiger partial charge on any atom is -0.349 e. The lowest BCUT2D eigenvalue weighted by Crippen LogP contribution is -2.41. The molecule has 1 aliphatic heterocycles. The Morgan fingerprint density at radius 2 is 2.04 bits per heavy atom. The molecule has 1 unspecified atom stereocenters. The van der Waals surface area contributed by atoms with Gasteiger partial charge in [0, 0.05) is 32.1 Å². The molecule has 1 fully saturated rings. The highest BCUT2D eigenvalue weighted by Gasteiger charge is 2.23. The Labute approximate surface area is 146 Å². The van der Waals surface area contributed by atoms with E-state index in [-0.39, 0.29) is 23.2 Å². The summed E-state index contributed by atoms with van der Waals surface area (Å²) in [6, 6.07) is 6.86. The quantitative estimate of drug-likeness (QED) is 0.882. The van der Waals surface area contributed by atoms with Gasteiger partial charge in [0.1, 0.15) is 5.69 Å². The molecule has 3 heterocycles. The van der Waals surface area contributed by atoms with E-state index in [2.05, 4.69) is 20.3 Å². The second kappa shape index (κ2) is 8.02. The first-order chi connectivity index (χ1) is 12.1. The van der Waals surface area contributed by atoms with Crippen LogP contribution in [0.3, 0.4) is 0 Å². The fraction of sp³-hybridized carbons (Fsp3) is 0.444. The molecule has 0 radical (unpaired) electrons. The average Bonchev–Trinajstić information content (AvgIpc) is 2.66. The second-order valence-corrected chi connectivity index (χ2v) is 6.29. The molecule has 7 heteroatoms. The van der Waals surface area contributed by atoms with Gasteiger partial charge in [-0.2, -0.15) is 5.10 Å². The van der Waals surface area contributed by atoms with Crippen molar-refractivity contribution in [3.05, 3.63) is 58.3 Å². The van der Waals surface area contributed by atoms with Crippen molar-refractivity contribution in [1.82, 2.24) is 25.0 Å². The highest BCUT2D eigenvalue weighted by atomic mass is 16.2. The molecule has 7 nitrogen and oxygen atoms in total. The minimum atomic E-state index is -0.276. The van der Waals surface area contributed by atoms with Crippen molar-refractivity contribution in [2.45, 2.75) is 25.3 Å². The first-order valence-electron chi connectivity index (χ1n) is 8.61. The van der Waals surface area contributed by atoms with Crippen molar-refractivity contribution in [2.24, 2.45) is 7.05 Å². The van der Waals surface area contributed by atoms with Gasteiger partial charge in [0.15, 0.2) is 0 Å². The number of aryl methyl sites for hydroxylation is 1. The molecule has 0 spiro atoms. The van der Waals surface area contributed by atoms with Crippen LogP contribution < -0.4 is 10.9 Å². The molecule has 1 saturated heterocycles. The molecule has 0 saturated carbocycles. The Balaban J connectivity index is 1.72. The zero-order valence-corrected chi connectivity index (χ0v) is 14.4. The molecule has 2 aromatic heterocycles. The SMILES string of the molecule is Cn1nc(C(=O)NCC(c2cccnc2)N2CCCCC2)ccc1=O. The summed E-state index contributed by atoms with van der Waals surface area (Å²) in [5.74, 6) is -0.276. The maximum atomic E-state index is 12.4. The number of carbonyl (C=O) groups excluding carboxylic acids is 1. The molecular formula is C18H23N5O2. The zero-order chi connectivity index (χ0) is 17.6. The third-order valence-electron chi connectivity index (χ3n) is 4.55. The molecular weight excluding hydrogens is 318 g/mol. The summed E-state index contributed by atoms with van der Waals surface area (Å²) >= 11 is 0. The number of piperidine rings is 1. The number of hydrogen-bond acceptors (Lipinski definition) is 5. The maximum Gasteiger partial charge on any atom is 0.271 e. The summed E-state index contributed by atoms with van der Waals surface area (Å²) in [6.45, 7) is 2.52. The van der Waals surface area contributed by atoms with Crippen molar-refractivity contribution in [1.29, 1.82) is 0 Å². The van der Waals surface area contributed by atoms with Gasteiger partial charge >= 0.3 is 0 Å². The van der Waals surface area contributed by atoms with Crippen LogP contribution in [0.15, 0.2) is 41.5 Å². The molecule has 0 aliphatic carbocycles. The lowest BCUT2D eigenvalue weighted by molar-refractivity contribution is 0.0917. The summed E-state index contributed by atoms with van der Waals surface area (Å²) in [7, 11) is 1.53. The highest BCUT2D eigenvalue weighted by molar-refractivity contribution is 5.92. The summed E-state index contributed by atoms with van der Waals surface area (Å²) in [6.07, 6.45) is 7.21. The van der Waals surface area contributed by atoms with Gasteiger partial charge in [0.05, 0.1) is 6.04 Å². The summed E-state index contributed by atoms with van der Waals surface area (Å²) in [5, 5.41) is 6.96. The highest BCUT2D eigenvalue weighted by Crippen LogP contribution is 2.23. The van der Waals surface area contributed by atoms with Crippen LogP contribution in [0, 0.1) is 0 Å². The Kier molecular flexibility index (Phi) is 5.55. The topological polar surface area (TPSA) is 80.1 Å². The van der Waals surface area contributed by atoms with Crippen LogP contribution in [0.2, 0.25) is 0 Å². The van der Waals surface area contributed by atoms with Crippen LogP contribution in [0.4, 0.5) is 0 Å². The molecule has 3 rings (SSSR count). The Hall–Kier alpha value is -2.54. The number of rotatable bonds is 5. The number of hydrogen-bond donors (Lipinski definition) is 1. The van der Waals surface area contributed by atoms with Crippen LogP contribution in [-0.4, -0.2) is 45.2 Å². The minimum absolute atomic E-state index is 0.0884. The van der Waals surface area contributed by atoms with Gasteiger partial charge in [0.25, 0.3) is 11.5 Å². The van der Waals surface area contributed by atoms with Crippen molar-refractivity contribution in [3.63, 3.8) is 0 Å². The standard InChI is InChI=1S/C18H23N5O2/c1-22-17(24)8-7-15(21-22)18(25)20-13-16(14-6-5-9-19-12-14)23-10-3-2-4-11-23/h5-9,12,16H,2-4,10-11,13H2,1H3,(H,20,25). The monoisotopic (exact) mass is 341 g/mol. The molecule has 132 valence electrons. The number of likely N-dealkylation sites (tertiary alicyclic amines) is 1. The van der Waals surface area contributed by atoms with Gasteiger partial charge in [-0.15, -0.1) is 0 Å². The molecule has 2 aromatic rings. The third-order valence-corrected chi connectivity index (χ3v) is 4.55. The van der Waals surface area contributed by atoms with E-state index in [0.717, 1.165) is 23.3 Å². The van der Waals surface area contributed by atoms with Gasteiger partial charge in [0.2, 0.25) is 0 Å². The van der Waals surface area contributed by atoms with E-state index < -0.39 is 0 Å². The van der Waals surface area contributed by atoms with Crippen LogP contribution in [0.5, 0.6) is 0 Å². The van der Waals surface area contributed by atoms with Crippen molar-refractivity contribution in [3.8, 4) is 0 Å². The molecule has 1 amide bonds. The molecule has 1 aliphatic rings. The van der Waals surface area contributed by atoms with Crippen molar-refractivity contribution in [2.75, 3.05) is 19.6 Å². The number of nitrogens with one attached hydrogen (secondary N) is 1. The van der Waals surface area contributed by atoms with Crippen LogP contribution in [-0.2, 0) is 7.05 Å². The van der Waals surface area contributed by atoms with Crippen LogP contribution in [0.1, 0.15) is 41.4 Å². The van der Waals surface area contributed by atoms with E-state index in [9.17, 15) is 9.59 Å². The Morgan fingerprint density at radius 1 is 1.24 bits per heavy atom. The van der Waals surface area contributed by atoms with E-state index in [0.29, 0.717) is 6.54 Å². The van der Waals surface area contributed by atoms with Gasteiger partial charge in [-0.3, -0.25) is 19.5 Å². The summed E-state index contributed by atoms with van der Waals surface area (Å²) < 4.78 is 1.16. The summed E-state index contributed by atoms with van der Waals surface area (Å²) in [4.78, 5) is 30.4. The van der Waals surface area contributed by atoms with Gasteiger partial charge in [-0.1, -0.05) is 12.5 Å². The fourth-order valence-corrected chi connectivity index (χ4v) is 3.16. The normalized spacial score (nSPS) is 16.4. The van der Waals surface area contributed by atoms with Crippen LogP contribution in [0.25, 0.3) is 0 Å². The van der Waals surface area contributed by atoms with Gasteiger partial charge in [-0.05, 0) is 43.6 Å². The maximum absolute atomic E-state index is 12.4. The fourth-order valence-electron chi connectivity index (χ4n) is 3.16. The molecule has 1 N–H and O–H groups in total. The number of pyridine rings is 1. The predicted octanol–water partition coefficient (Wildman–Crippen LogP) is 1.13.